The summed E-state index contributed by atoms with van der Waals surface area (Å²) in [6.45, 7) is 0.665. The van der Waals surface area contributed by atoms with Crippen LogP contribution < -0.4 is 4.80 Å². The van der Waals surface area contributed by atoms with Crippen LogP contribution in [0, 0.1) is 0 Å². The Hall–Kier alpha value is -2.73. The van der Waals surface area contributed by atoms with E-state index in [1.165, 1.54) is 16.9 Å². The number of rotatable bonds is 6. The second-order valence-electron chi connectivity index (χ2n) is 6.48. The smallest absolute Gasteiger partial charge is 0.206 e. The number of nitrogens with zero attached hydrogens (tertiary/aromatic N) is 4. The van der Waals surface area contributed by atoms with Gasteiger partial charge in [0.25, 0.3) is 0 Å². The van der Waals surface area contributed by atoms with Crippen molar-refractivity contribution in [3.63, 3.8) is 0 Å². The summed E-state index contributed by atoms with van der Waals surface area (Å²) in [7, 11) is 0. The van der Waals surface area contributed by atoms with Crippen LogP contribution >= 0.6 is 34.5 Å². The Morgan fingerprint density at radius 1 is 1.00 bits per heavy atom. The minimum atomic E-state index is 0.612. The molecular weight excluding hydrogens is 435 g/mol. The Morgan fingerprint density at radius 2 is 1.80 bits per heavy atom. The van der Waals surface area contributed by atoms with Gasteiger partial charge in [0.1, 0.15) is 0 Å². The number of aromatic nitrogens is 2. The van der Waals surface area contributed by atoms with Crippen LogP contribution in [0.2, 0.25) is 10.0 Å². The number of thiazole rings is 1. The quantitative estimate of drug-likeness (QED) is 0.333. The fourth-order valence-electron chi connectivity index (χ4n) is 2.90. The van der Waals surface area contributed by atoms with Crippen LogP contribution in [-0.4, -0.2) is 22.4 Å². The highest BCUT2D eigenvalue weighted by Gasteiger charge is 2.11. The first-order chi connectivity index (χ1) is 14.7. The zero-order valence-electron chi connectivity index (χ0n) is 16.0. The Bertz CT molecular complexity index is 1210. The number of hydrogen-bond acceptors (Lipinski definition) is 4. The van der Waals surface area contributed by atoms with Gasteiger partial charge < -0.3 is 0 Å². The first-order valence-corrected chi connectivity index (χ1v) is 11.0. The molecule has 2 heterocycles. The van der Waals surface area contributed by atoms with E-state index in [0.717, 1.165) is 28.0 Å². The van der Waals surface area contributed by atoms with Gasteiger partial charge in [-0.2, -0.15) is 5.10 Å². The summed E-state index contributed by atoms with van der Waals surface area (Å²) in [5.74, 6) is 0. The molecule has 2 aromatic carbocycles. The van der Waals surface area contributed by atoms with E-state index < -0.39 is 0 Å². The molecule has 0 aliphatic carbocycles. The van der Waals surface area contributed by atoms with E-state index in [-0.39, 0.29) is 0 Å². The molecule has 0 radical (unpaired) electrons. The lowest BCUT2D eigenvalue weighted by molar-refractivity contribution is 0.816. The Balaban J connectivity index is 1.72. The molecule has 2 aromatic heterocycles. The van der Waals surface area contributed by atoms with Crippen molar-refractivity contribution in [3.05, 3.63) is 104 Å². The van der Waals surface area contributed by atoms with E-state index in [0.29, 0.717) is 16.6 Å². The highest BCUT2D eigenvalue weighted by atomic mass is 35.5. The number of pyridine rings is 1. The lowest BCUT2D eigenvalue weighted by Gasteiger charge is -2.06. The fraction of sp³-hybridized carbons (Fsp3) is 0.0870. The van der Waals surface area contributed by atoms with Gasteiger partial charge in [0.2, 0.25) is 4.80 Å². The van der Waals surface area contributed by atoms with E-state index in [1.54, 1.807) is 30.7 Å². The Labute approximate surface area is 188 Å². The van der Waals surface area contributed by atoms with Crippen LogP contribution in [0.1, 0.15) is 11.1 Å². The molecule has 0 saturated heterocycles. The molecule has 0 fully saturated rings. The maximum atomic E-state index is 6.46. The second kappa shape index (κ2) is 9.85. The first kappa shape index (κ1) is 20.5. The third kappa shape index (κ3) is 5.05. The van der Waals surface area contributed by atoms with Crippen LogP contribution in [0.3, 0.4) is 0 Å². The molecule has 4 rings (SSSR count). The zero-order valence-corrected chi connectivity index (χ0v) is 18.3. The van der Waals surface area contributed by atoms with Crippen molar-refractivity contribution in [3.8, 4) is 11.3 Å². The van der Waals surface area contributed by atoms with Crippen molar-refractivity contribution in [2.24, 2.45) is 10.1 Å². The number of benzene rings is 2. The normalized spacial score (nSPS) is 12.0. The monoisotopic (exact) mass is 452 g/mol. The van der Waals surface area contributed by atoms with E-state index in [2.05, 4.69) is 22.2 Å². The summed E-state index contributed by atoms with van der Waals surface area (Å²) in [5.41, 5.74) is 3.86. The van der Waals surface area contributed by atoms with Gasteiger partial charge in [-0.05, 0) is 47.9 Å². The molecular formula is C23H18Cl2N4S. The summed E-state index contributed by atoms with van der Waals surface area (Å²) >= 11 is 14.2. The minimum Gasteiger partial charge on any atom is -0.265 e. The summed E-state index contributed by atoms with van der Waals surface area (Å²) in [6, 6.07) is 19.5. The van der Waals surface area contributed by atoms with Crippen molar-refractivity contribution < 1.29 is 0 Å². The molecule has 4 aromatic rings. The lowest BCUT2D eigenvalue weighted by Crippen LogP contribution is -2.13. The molecule has 0 saturated carbocycles. The summed E-state index contributed by atoms with van der Waals surface area (Å²) in [6.07, 6.45) is 6.12. The highest BCUT2D eigenvalue weighted by molar-refractivity contribution is 7.07. The van der Waals surface area contributed by atoms with Crippen molar-refractivity contribution in [2.45, 2.75) is 6.42 Å². The predicted molar refractivity (Wildman–Crippen MR) is 126 cm³/mol. The van der Waals surface area contributed by atoms with Gasteiger partial charge in [0, 0.05) is 34.9 Å². The molecule has 0 unspecified atom stereocenters. The van der Waals surface area contributed by atoms with Crippen LogP contribution in [0.5, 0.6) is 0 Å². The van der Waals surface area contributed by atoms with Gasteiger partial charge in [-0.1, -0.05) is 53.5 Å². The fourth-order valence-corrected chi connectivity index (χ4v) is 4.14. The Morgan fingerprint density at radius 3 is 2.60 bits per heavy atom. The molecule has 0 atom stereocenters. The van der Waals surface area contributed by atoms with Crippen molar-refractivity contribution in [2.75, 3.05) is 6.54 Å². The molecule has 0 aliphatic rings. The van der Waals surface area contributed by atoms with Crippen LogP contribution in [0.15, 0.2) is 88.5 Å². The summed E-state index contributed by atoms with van der Waals surface area (Å²) in [4.78, 5) is 9.63. The molecule has 30 heavy (non-hydrogen) atoms. The van der Waals surface area contributed by atoms with Gasteiger partial charge in [-0.3, -0.25) is 9.98 Å². The van der Waals surface area contributed by atoms with Gasteiger partial charge in [-0.15, -0.1) is 11.3 Å². The molecule has 0 spiro atoms. The molecule has 0 bridgehead atoms. The van der Waals surface area contributed by atoms with E-state index in [1.807, 2.05) is 46.5 Å². The summed E-state index contributed by atoms with van der Waals surface area (Å²) < 4.78 is 1.81. The zero-order chi connectivity index (χ0) is 20.8. The van der Waals surface area contributed by atoms with Crippen LogP contribution in [0.4, 0.5) is 0 Å². The van der Waals surface area contributed by atoms with E-state index in [9.17, 15) is 0 Å². The van der Waals surface area contributed by atoms with Crippen molar-refractivity contribution in [1.29, 1.82) is 0 Å². The predicted octanol–water partition coefficient (Wildman–Crippen LogP) is 5.94. The highest BCUT2D eigenvalue weighted by Crippen LogP contribution is 2.31. The molecule has 0 amide bonds. The van der Waals surface area contributed by atoms with Crippen molar-refractivity contribution >= 4 is 40.8 Å². The van der Waals surface area contributed by atoms with Gasteiger partial charge in [0.15, 0.2) is 0 Å². The van der Waals surface area contributed by atoms with Gasteiger partial charge in [-0.25, -0.2) is 4.68 Å². The Kier molecular flexibility index (Phi) is 6.74. The number of hydrogen-bond donors (Lipinski definition) is 0. The number of halogens is 2. The lowest BCUT2D eigenvalue weighted by atomic mass is 10.2. The molecule has 0 aliphatic heterocycles. The maximum Gasteiger partial charge on any atom is 0.206 e. The molecule has 150 valence electrons. The molecule has 7 heteroatoms. The molecule has 4 nitrogen and oxygen atoms in total. The minimum absolute atomic E-state index is 0.612. The topological polar surface area (TPSA) is 42.5 Å². The van der Waals surface area contributed by atoms with Crippen molar-refractivity contribution in [1.82, 2.24) is 9.66 Å². The van der Waals surface area contributed by atoms with Gasteiger partial charge in [0.05, 0.1) is 16.9 Å². The van der Waals surface area contributed by atoms with E-state index >= 15 is 0 Å². The molecule has 0 N–H and O–H groups in total. The first-order valence-electron chi connectivity index (χ1n) is 9.35. The van der Waals surface area contributed by atoms with E-state index in [4.69, 9.17) is 28.2 Å². The van der Waals surface area contributed by atoms with Gasteiger partial charge >= 0.3 is 0 Å². The third-order valence-corrected chi connectivity index (χ3v) is 5.83. The largest absolute Gasteiger partial charge is 0.265 e. The van der Waals surface area contributed by atoms with Crippen LogP contribution in [-0.2, 0) is 6.42 Å². The average Bonchev–Trinajstić information content (AvgIpc) is 3.18. The third-order valence-electron chi connectivity index (χ3n) is 4.41. The maximum absolute atomic E-state index is 6.46. The SMILES string of the molecule is Clc1ccc(Cl)c(-c2csc(=NCCc3ccccc3)n2N=Cc2ccncc2)c1. The second-order valence-corrected chi connectivity index (χ2v) is 8.16. The summed E-state index contributed by atoms with van der Waals surface area (Å²) in [5, 5.41) is 7.92. The average molecular weight is 453 g/mol. The van der Waals surface area contributed by atoms with Crippen LogP contribution in [0.25, 0.3) is 11.3 Å². The standard InChI is InChI=1S/C23H18Cl2N4S/c24-19-6-7-21(25)20(14-19)22-16-30-23(27-13-10-17-4-2-1-3-5-17)29(22)28-15-18-8-11-26-12-9-18/h1-9,11-12,14-16H,10,13H2.